The van der Waals surface area contributed by atoms with Crippen LogP contribution in [0.15, 0.2) is 29.2 Å². The highest BCUT2D eigenvalue weighted by molar-refractivity contribution is 8.00. The zero-order valence-electron chi connectivity index (χ0n) is 14.2. The molecule has 1 aliphatic heterocycles. The van der Waals surface area contributed by atoms with Crippen molar-refractivity contribution in [2.75, 3.05) is 18.0 Å². The number of hydrogen-bond donors (Lipinski definition) is 1. The minimum atomic E-state index is -0.0354. The lowest BCUT2D eigenvalue weighted by atomic mass is 10.1. The van der Waals surface area contributed by atoms with Crippen molar-refractivity contribution in [1.29, 1.82) is 0 Å². The Morgan fingerprint density at radius 3 is 2.78 bits per heavy atom. The number of para-hydroxylation sites is 1. The van der Waals surface area contributed by atoms with Gasteiger partial charge in [0.1, 0.15) is 0 Å². The van der Waals surface area contributed by atoms with Crippen molar-refractivity contribution in [3.05, 3.63) is 24.3 Å². The van der Waals surface area contributed by atoms with Crippen molar-refractivity contribution in [2.45, 2.75) is 50.2 Å². The van der Waals surface area contributed by atoms with E-state index in [0.29, 0.717) is 24.3 Å². The first kappa shape index (κ1) is 17.9. The lowest BCUT2D eigenvalue weighted by Gasteiger charge is -2.32. The molecule has 5 heteroatoms. The van der Waals surface area contributed by atoms with Gasteiger partial charge in [0.25, 0.3) is 0 Å². The predicted octanol–water partition coefficient (Wildman–Crippen LogP) is 3.46. The van der Waals surface area contributed by atoms with Crippen molar-refractivity contribution < 1.29 is 9.59 Å². The van der Waals surface area contributed by atoms with E-state index in [0.717, 1.165) is 17.0 Å². The minimum Gasteiger partial charge on any atom is -0.356 e. The molecular weight excluding hydrogens is 308 g/mol. The lowest BCUT2D eigenvalue weighted by molar-refractivity contribution is -0.125. The number of nitrogens with zero attached hydrogens (tertiary/aromatic N) is 1. The van der Waals surface area contributed by atoms with Gasteiger partial charge in [0.05, 0.1) is 5.69 Å². The second kappa shape index (κ2) is 8.39. The zero-order chi connectivity index (χ0) is 16.8. The largest absolute Gasteiger partial charge is 0.356 e. The molecule has 0 saturated carbocycles. The molecule has 1 aliphatic rings. The predicted molar refractivity (Wildman–Crippen MR) is 95.8 cm³/mol. The van der Waals surface area contributed by atoms with Gasteiger partial charge >= 0.3 is 0 Å². The highest BCUT2D eigenvalue weighted by atomic mass is 32.2. The second-order valence-corrected chi connectivity index (χ2v) is 7.91. The van der Waals surface area contributed by atoms with E-state index in [4.69, 9.17) is 0 Å². The van der Waals surface area contributed by atoms with E-state index in [1.807, 2.05) is 23.1 Å². The smallest absolute Gasteiger partial charge is 0.227 e. The van der Waals surface area contributed by atoms with Crippen LogP contribution in [0.3, 0.4) is 0 Å². The van der Waals surface area contributed by atoms with Crippen molar-refractivity contribution in [3.8, 4) is 0 Å². The maximum Gasteiger partial charge on any atom is 0.227 e. The number of amides is 2. The quantitative estimate of drug-likeness (QED) is 0.867. The van der Waals surface area contributed by atoms with Crippen LogP contribution in [0.25, 0.3) is 0 Å². The molecule has 0 spiro atoms. The highest BCUT2D eigenvalue weighted by Crippen LogP contribution is 2.38. The first-order valence-corrected chi connectivity index (χ1v) is 9.18. The summed E-state index contributed by atoms with van der Waals surface area (Å²) in [5.74, 6) is 0.566. The summed E-state index contributed by atoms with van der Waals surface area (Å²) in [6, 6.07) is 7.98. The minimum absolute atomic E-state index is 0.0311. The third-order valence-electron chi connectivity index (χ3n) is 3.83. The summed E-state index contributed by atoms with van der Waals surface area (Å²) in [6.07, 6.45) is 1.49. The third kappa shape index (κ3) is 5.27. The first-order chi connectivity index (χ1) is 11.0. The molecule has 0 aromatic heterocycles. The molecule has 1 aromatic rings. The average molecular weight is 334 g/mol. The van der Waals surface area contributed by atoms with Gasteiger partial charge in [-0.25, -0.2) is 0 Å². The number of hydrogen-bond acceptors (Lipinski definition) is 3. The molecule has 1 N–H and O–H groups in total. The van der Waals surface area contributed by atoms with Crippen LogP contribution < -0.4 is 10.2 Å². The molecule has 0 saturated heterocycles. The molecule has 0 bridgehead atoms. The Labute approximate surface area is 143 Å². The Morgan fingerprint density at radius 1 is 1.30 bits per heavy atom. The molecule has 4 nitrogen and oxygen atoms in total. The Hall–Kier alpha value is -1.49. The number of fused-ring (bicyclic) bond motifs is 1. The van der Waals surface area contributed by atoms with Crippen molar-refractivity contribution >= 4 is 29.3 Å². The van der Waals surface area contributed by atoms with Crippen LogP contribution in [-0.2, 0) is 9.59 Å². The summed E-state index contributed by atoms with van der Waals surface area (Å²) in [5.41, 5.74) is 0.973. The van der Waals surface area contributed by atoms with Gasteiger partial charge in [-0.1, -0.05) is 32.9 Å². The fourth-order valence-electron chi connectivity index (χ4n) is 2.57. The molecule has 0 aliphatic carbocycles. The number of anilines is 1. The topological polar surface area (TPSA) is 49.4 Å². The van der Waals surface area contributed by atoms with Crippen molar-refractivity contribution in [3.63, 3.8) is 0 Å². The van der Waals surface area contributed by atoms with Gasteiger partial charge < -0.3 is 10.2 Å². The van der Waals surface area contributed by atoms with E-state index >= 15 is 0 Å². The number of benzene rings is 1. The van der Waals surface area contributed by atoms with E-state index in [1.165, 1.54) is 0 Å². The monoisotopic (exact) mass is 334 g/mol. The number of thioether (sulfide) groups is 1. The molecule has 0 unspecified atom stereocenters. The molecule has 0 radical (unpaired) electrons. The Balaban J connectivity index is 1.87. The molecule has 23 heavy (non-hydrogen) atoms. The number of rotatable bonds is 6. The van der Waals surface area contributed by atoms with E-state index < -0.39 is 0 Å². The van der Waals surface area contributed by atoms with E-state index in [-0.39, 0.29) is 24.7 Å². The Bertz CT molecular complexity index is 560. The first-order valence-electron chi connectivity index (χ1n) is 8.30. The maximum atomic E-state index is 12.5. The van der Waals surface area contributed by atoms with Crippen molar-refractivity contribution in [2.24, 2.45) is 5.92 Å². The number of nitrogens with one attached hydrogen (secondary N) is 1. The fourth-order valence-corrected chi connectivity index (χ4v) is 3.68. The van der Waals surface area contributed by atoms with E-state index in [2.05, 4.69) is 32.2 Å². The lowest BCUT2D eigenvalue weighted by Crippen LogP contribution is -2.39. The standard InChI is InChI=1S/C18H26N2O2S/c1-13(2)10-11-19-17(21)8-9-18(22)20-12-14(3)23-16-7-5-4-6-15(16)20/h4-7,13-14H,8-12H2,1-3H3,(H,19,21)/t14-/m1/s1. The second-order valence-electron chi connectivity index (χ2n) is 6.43. The summed E-state index contributed by atoms with van der Waals surface area (Å²) in [5, 5.41) is 3.26. The van der Waals surface area contributed by atoms with Crippen LogP contribution in [0.5, 0.6) is 0 Å². The summed E-state index contributed by atoms with van der Waals surface area (Å²) in [6.45, 7) is 7.77. The molecular formula is C18H26N2O2S. The number of carbonyl (C=O) groups is 2. The van der Waals surface area contributed by atoms with Gasteiger partial charge in [-0.15, -0.1) is 11.8 Å². The SMILES string of the molecule is CC(C)CCNC(=O)CCC(=O)N1C[C@@H](C)Sc2ccccc21. The van der Waals surface area contributed by atoms with Crippen molar-refractivity contribution in [1.82, 2.24) is 5.32 Å². The molecule has 2 rings (SSSR count). The summed E-state index contributed by atoms with van der Waals surface area (Å²) >= 11 is 1.80. The van der Waals surface area contributed by atoms with Crippen LogP contribution >= 0.6 is 11.8 Å². The maximum absolute atomic E-state index is 12.5. The van der Waals surface area contributed by atoms with Crippen LogP contribution in [0.4, 0.5) is 5.69 Å². The summed E-state index contributed by atoms with van der Waals surface area (Å²) in [4.78, 5) is 27.3. The molecule has 1 aromatic carbocycles. The third-order valence-corrected chi connectivity index (χ3v) is 4.99. The van der Waals surface area contributed by atoms with Crippen LogP contribution in [0.2, 0.25) is 0 Å². The highest BCUT2D eigenvalue weighted by Gasteiger charge is 2.26. The van der Waals surface area contributed by atoms with Gasteiger partial charge in [0, 0.05) is 36.1 Å². The van der Waals surface area contributed by atoms with E-state index in [1.54, 1.807) is 11.8 Å². The molecule has 1 atom stereocenters. The van der Waals surface area contributed by atoms with E-state index in [9.17, 15) is 9.59 Å². The summed E-state index contributed by atoms with van der Waals surface area (Å²) in [7, 11) is 0. The molecule has 1 heterocycles. The van der Waals surface area contributed by atoms with Gasteiger partial charge in [-0.2, -0.15) is 0 Å². The van der Waals surface area contributed by atoms with Gasteiger partial charge in [0.2, 0.25) is 11.8 Å². The Kier molecular flexibility index (Phi) is 6.51. The molecule has 0 fully saturated rings. The number of carbonyl (C=O) groups excluding carboxylic acids is 2. The fraction of sp³-hybridized carbons (Fsp3) is 0.556. The normalized spacial score (nSPS) is 17.0. The van der Waals surface area contributed by atoms with Gasteiger partial charge in [0.15, 0.2) is 0 Å². The Morgan fingerprint density at radius 2 is 2.04 bits per heavy atom. The van der Waals surface area contributed by atoms with Gasteiger partial charge in [-0.3, -0.25) is 9.59 Å². The van der Waals surface area contributed by atoms with Gasteiger partial charge in [-0.05, 0) is 24.5 Å². The average Bonchev–Trinajstić information content (AvgIpc) is 2.51. The van der Waals surface area contributed by atoms with Crippen LogP contribution in [0, 0.1) is 5.92 Å². The van der Waals surface area contributed by atoms with Crippen LogP contribution in [-0.4, -0.2) is 30.2 Å². The zero-order valence-corrected chi connectivity index (χ0v) is 15.0. The molecule has 126 valence electrons. The van der Waals surface area contributed by atoms with Crippen LogP contribution in [0.1, 0.15) is 40.0 Å². The molecule has 2 amide bonds. The summed E-state index contributed by atoms with van der Waals surface area (Å²) < 4.78 is 0.